The zero-order valence-electron chi connectivity index (χ0n) is 15.7. The van der Waals surface area contributed by atoms with Crippen molar-refractivity contribution in [3.8, 4) is 0 Å². The van der Waals surface area contributed by atoms with Gasteiger partial charge in [-0.25, -0.2) is 0 Å². The van der Waals surface area contributed by atoms with Crippen molar-refractivity contribution in [1.82, 2.24) is 20.4 Å². The number of pyridine rings is 1. The summed E-state index contributed by atoms with van der Waals surface area (Å²) in [6, 6.07) is 12.6. The summed E-state index contributed by atoms with van der Waals surface area (Å²) in [6.07, 6.45) is 4.08. The maximum Gasteiger partial charge on any atom is 0.275 e. The van der Waals surface area contributed by atoms with Crippen molar-refractivity contribution < 1.29 is 14.1 Å². The van der Waals surface area contributed by atoms with Gasteiger partial charge in [-0.3, -0.25) is 14.6 Å². The molecule has 4 rings (SSSR count). The zero-order valence-corrected chi connectivity index (χ0v) is 15.7. The highest BCUT2D eigenvalue weighted by Gasteiger charge is 2.14. The van der Waals surface area contributed by atoms with Crippen molar-refractivity contribution in [3.05, 3.63) is 77.4 Å². The molecule has 3 aromatic heterocycles. The molecule has 146 valence electrons. The number of rotatable bonds is 6. The summed E-state index contributed by atoms with van der Waals surface area (Å²) in [5, 5.41) is 10.3. The highest BCUT2D eigenvalue weighted by Crippen LogP contribution is 2.17. The molecule has 0 unspecified atom stereocenters. The molecule has 0 aliphatic heterocycles. The first-order valence-electron chi connectivity index (χ1n) is 9.14. The Balaban J connectivity index is 1.37. The van der Waals surface area contributed by atoms with E-state index in [9.17, 15) is 9.59 Å². The number of carbonyl (C=O) groups is 2. The molecule has 4 aromatic rings. The zero-order chi connectivity index (χ0) is 20.2. The lowest BCUT2D eigenvalue weighted by Crippen LogP contribution is -2.26. The summed E-state index contributed by atoms with van der Waals surface area (Å²) in [6.45, 7) is 2.20. The van der Waals surface area contributed by atoms with Gasteiger partial charge in [0.1, 0.15) is 11.5 Å². The minimum absolute atomic E-state index is 0.120. The first-order valence-corrected chi connectivity index (χ1v) is 9.14. The van der Waals surface area contributed by atoms with Gasteiger partial charge in [-0.2, -0.15) is 0 Å². The van der Waals surface area contributed by atoms with Crippen LogP contribution in [0.2, 0.25) is 0 Å². The average molecular weight is 389 g/mol. The van der Waals surface area contributed by atoms with E-state index in [0.717, 1.165) is 16.5 Å². The third kappa shape index (κ3) is 4.16. The molecule has 0 saturated carbocycles. The number of aryl methyl sites for hydroxylation is 1. The van der Waals surface area contributed by atoms with Gasteiger partial charge < -0.3 is 20.1 Å². The molecule has 29 heavy (non-hydrogen) atoms. The van der Waals surface area contributed by atoms with E-state index < -0.39 is 5.91 Å². The third-order valence-electron chi connectivity index (χ3n) is 4.48. The van der Waals surface area contributed by atoms with Crippen LogP contribution in [0.5, 0.6) is 0 Å². The third-order valence-corrected chi connectivity index (χ3v) is 4.48. The van der Waals surface area contributed by atoms with Crippen LogP contribution in [0.3, 0.4) is 0 Å². The molecule has 3 heterocycles. The van der Waals surface area contributed by atoms with Gasteiger partial charge >= 0.3 is 0 Å². The molecular weight excluding hydrogens is 370 g/mol. The van der Waals surface area contributed by atoms with Crippen LogP contribution in [0.4, 0.5) is 5.82 Å². The van der Waals surface area contributed by atoms with Gasteiger partial charge in [0.2, 0.25) is 0 Å². The Bertz CT molecular complexity index is 1180. The lowest BCUT2D eigenvalue weighted by molar-refractivity contribution is 0.0954. The number of hydrogen-bond donors (Lipinski definition) is 3. The SMILES string of the molecule is Cc1cc(NC(=O)c2cc(C(=O)NCCc3c[nH]c4ccccc34)ccn2)no1. The summed E-state index contributed by atoms with van der Waals surface area (Å²) >= 11 is 0. The molecule has 0 saturated heterocycles. The molecule has 0 aliphatic carbocycles. The number of H-pyrrole nitrogens is 1. The van der Waals surface area contributed by atoms with Crippen LogP contribution in [-0.2, 0) is 6.42 Å². The Morgan fingerprint density at radius 2 is 2.00 bits per heavy atom. The maximum absolute atomic E-state index is 12.5. The van der Waals surface area contributed by atoms with E-state index in [1.54, 1.807) is 19.1 Å². The molecule has 0 radical (unpaired) electrons. The van der Waals surface area contributed by atoms with Crippen molar-refractivity contribution in [1.29, 1.82) is 0 Å². The molecule has 0 atom stereocenters. The lowest BCUT2D eigenvalue weighted by Gasteiger charge is -2.06. The van der Waals surface area contributed by atoms with Crippen LogP contribution >= 0.6 is 0 Å². The minimum Gasteiger partial charge on any atom is -0.361 e. The predicted molar refractivity (Wildman–Crippen MR) is 108 cm³/mol. The van der Waals surface area contributed by atoms with Crippen molar-refractivity contribution >= 4 is 28.5 Å². The number of nitrogens with one attached hydrogen (secondary N) is 3. The first kappa shape index (κ1) is 18.4. The Morgan fingerprint density at radius 3 is 2.83 bits per heavy atom. The topological polar surface area (TPSA) is 113 Å². The molecule has 8 nitrogen and oxygen atoms in total. The summed E-state index contributed by atoms with van der Waals surface area (Å²) in [5.41, 5.74) is 2.69. The van der Waals surface area contributed by atoms with Gasteiger partial charge in [0, 0.05) is 41.5 Å². The number of benzene rings is 1. The largest absolute Gasteiger partial charge is 0.361 e. The fourth-order valence-corrected chi connectivity index (χ4v) is 3.05. The number of nitrogens with zero attached hydrogens (tertiary/aromatic N) is 2. The number of hydrogen-bond acceptors (Lipinski definition) is 5. The molecule has 1 aromatic carbocycles. The highest BCUT2D eigenvalue weighted by molar-refractivity contribution is 6.04. The second-order valence-corrected chi connectivity index (χ2v) is 6.57. The van der Waals surface area contributed by atoms with Gasteiger partial charge in [-0.15, -0.1) is 0 Å². The average Bonchev–Trinajstić information content (AvgIpc) is 3.34. The number of carbonyl (C=O) groups excluding carboxylic acids is 2. The fourth-order valence-electron chi connectivity index (χ4n) is 3.05. The van der Waals surface area contributed by atoms with Crippen molar-refractivity contribution in [2.24, 2.45) is 0 Å². The van der Waals surface area contributed by atoms with Crippen molar-refractivity contribution in [2.75, 3.05) is 11.9 Å². The Hall–Kier alpha value is -3.94. The number of aromatic nitrogens is 3. The standard InChI is InChI=1S/C21H19N5O3/c1-13-10-19(26-29-13)25-21(28)18-11-14(6-8-22-18)20(27)23-9-7-15-12-24-17-5-3-2-4-16(15)17/h2-6,8,10-12,24H,7,9H2,1H3,(H,23,27)(H,25,26,28). The molecule has 2 amide bonds. The normalized spacial score (nSPS) is 10.8. The molecule has 0 fully saturated rings. The van der Waals surface area contributed by atoms with E-state index >= 15 is 0 Å². The van der Waals surface area contributed by atoms with Gasteiger partial charge in [0.05, 0.1) is 0 Å². The highest BCUT2D eigenvalue weighted by atomic mass is 16.5. The van der Waals surface area contributed by atoms with Crippen molar-refractivity contribution in [3.63, 3.8) is 0 Å². The van der Waals surface area contributed by atoms with Gasteiger partial charge in [0.25, 0.3) is 11.8 Å². The fraction of sp³-hybridized carbons (Fsp3) is 0.143. The van der Waals surface area contributed by atoms with E-state index in [-0.39, 0.29) is 11.6 Å². The van der Waals surface area contributed by atoms with Crippen LogP contribution in [0.15, 0.2) is 59.4 Å². The van der Waals surface area contributed by atoms with Crippen LogP contribution in [-0.4, -0.2) is 33.5 Å². The molecular formula is C21H19N5O3. The summed E-state index contributed by atoms with van der Waals surface area (Å²) in [7, 11) is 0. The summed E-state index contributed by atoms with van der Waals surface area (Å²) < 4.78 is 4.91. The molecule has 8 heteroatoms. The second-order valence-electron chi connectivity index (χ2n) is 6.57. The van der Waals surface area contributed by atoms with E-state index in [4.69, 9.17) is 4.52 Å². The molecule has 0 aliphatic rings. The Labute approximate surface area is 166 Å². The quantitative estimate of drug-likeness (QED) is 0.469. The lowest BCUT2D eigenvalue weighted by atomic mass is 10.1. The number of anilines is 1. The minimum atomic E-state index is -0.466. The number of aromatic amines is 1. The van der Waals surface area contributed by atoms with Gasteiger partial charge in [-0.1, -0.05) is 23.4 Å². The second kappa shape index (κ2) is 7.97. The van der Waals surface area contributed by atoms with E-state index in [1.807, 2.05) is 30.5 Å². The smallest absolute Gasteiger partial charge is 0.275 e. The van der Waals surface area contributed by atoms with Gasteiger partial charge in [-0.05, 0) is 37.1 Å². The van der Waals surface area contributed by atoms with Crippen LogP contribution < -0.4 is 10.6 Å². The van der Waals surface area contributed by atoms with Crippen LogP contribution in [0, 0.1) is 6.92 Å². The van der Waals surface area contributed by atoms with E-state index in [1.165, 1.54) is 12.3 Å². The monoisotopic (exact) mass is 389 g/mol. The van der Waals surface area contributed by atoms with Crippen LogP contribution in [0.1, 0.15) is 32.2 Å². The number of fused-ring (bicyclic) bond motifs is 1. The van der Waals surface area contributed by atoms with E-state index in [2.05, 4.69) is 25.8 Å². The maximum atomic E-state index is 12.5. The Morgan fingerprint density at radius 1 is 1.14 bits per heavy atom. The Kier molecular flexibility index (Phi) is 5.07. The first-order chi connectivity index (χ1) is 14.1. The molecule has 0 spiro atoms. The molecule has 3 N–H and O–H groups in total. The van der Waals surface area contributed by atoms with Gasteiger partial charge in [0.15, 0.2) is 5.82 Å². The summed E-state index contributed by atoms with van der Waals surface area (Å²) in [5.74, 6) is 0.143. The van der Waals surface area contributed by atoms with Crippen molar-refractivity contribution in [2.45, 2.75) is 13.3 Å². The summed E-state index contributed by atoms with van der Waals surface area (Å²) in [4.78, 5) is 32.0. The number of para-hydroxylation sites is 1. The predicted octanol–water partition coefficient (Wildman–Crippen LogP) is 3.08. The van der Waals surface area contributed by atoms with Crippen LogP contribution in [0.25, 0.3) is 10.9 Å². The number of amides is 2. The molecule has 0 bridgehead atoms. The van der Waals surface area contributed by atoms with E-state index in [0.29, 0.717) is 30.1 Å².